The summed E-state index contributed by atoms with van der Waals surface area (Å²) in [6, 6.07) is 13.3. The lowest BCUT2D eigenvalue weighted by atomic mass is 9.98. The van der Waals surface area contributed by atoms with E-state index in [9.17, 15) is 9.90 Å². The molecule has 1 atom stereocenters. The summed E-state index contributed by atoms with van der Waals surface area (Å²) in [5.41, 5.74) is 2.54. The van der Waals surface area contributed by atoms with Gasteiger partial charge in [0.05, 0.1) is 16.5 Å². The fraction of sp³-hybridized carbons (Fsp3) is 0.348. The van der Waals surface area contributed by atoms with Crippen molar-refractivity contribution in [3.63, 3.8) is 0 Å². The third-order valence-corrected chi connectivity index (χ3v) is 5.69. The Morgan fingerprint density at radius 1 is 1.15 bits per heavy atom. The number of aromatic hydroxyl groups is 1. The molecule has 140 valence electrons. The van der Waals surface area contributed by atoms with Gasteiger partial charge < -0.3 is 9.52 Å². The molecular weight excluding hydrogens is 338 g/mol. The fourth-order valence-electron chi connectivity index (χ4n) is 4.15. The lowest BCUT2D eigenvalue weighted by Gasteiger charge is -2.35. The summed E-state index contributed by atoms with van der Waals surface area (Å²) >= 11 is 0. The van der Waals surface area contributed by atoms with Crippen LogP contribution in [0.4, 0.5) is 0 Å². The van der Waals surface area contributed by atoms with E-state index in [1.165, 1.54) is 25.5 Å². The second-order valence-electron chi connectivity index (χ2n) is 7.31. The van der Waals surface area contributed by atoms with Crippen LogP contribution in [-0.2, 0) is 6.54 Å². The summed E-state index contributed by atoms with van der Waals surface area (Å²) in [5.74, 6) is 0.193. The van der Waals surface area contributed by atoms with Crippen LogP contribution in [0.15, 0.2) is 57.9 Å². The van der Waals surface area contributed by atoms with Crippen molar-refractivity contribution in [3.05, 3.63) is 64.5 Å². The number of phenolic OH excluding ortho intramolecular Hbond substituents is 1. The van der Waals surface area contributed by atoms with Gasteiger partial charge in [-0.3, -0.25) is 9.69 Å². The van der Waals surface area contributed by atoms with E-state index in [1.54, 1.807) is 12.1 Å². The highest BCUT2D eigenvalue weighted by Crippen LogP contribution is 2.31. The van der Waals surface area contributed by atoms with Gasteiger partial charge in [0.2, 0.25) is 5.43 Å². The molecule has 3 aromatic rings. The van der Waals surface area contributed by atoms with Crippen molar-refractivity contribution in [2.24, 2.45) is 0 Å². The lowest BCUT2D eigenvalue weighted by Crippen LogP contribution is -2.38. The topological polar surface area (TPSA) is 53.7 Å². The Morgan fingerprint density at radius 2 is 1.96 bits per heavy atom. The highest BCUT2D eigenvalue weighted by molar-refractivity contribution is 5.85. The van der Waals surface area contributed by atoms with Gasteiger partial charge in [-0.1, -0.05) is 43.7 Å². The number of benzene rings is 2. The van der Waals surface area contributed by atoms with Crippen molar-refractivity contribution < 1.29 is 9.52 Å². The average Bonchev–Trinajstić information content (AvgIpc) is 2.71. The third kappa shape index (κ3) is 3.37. The highest BCUT2D eigenvalue weighted by atomic mass is 16.3. The first-order valence-electron chi connectivity index (χ1n) is 9.75. The van der Waals surface area contributed by atoms with Crippen LogP contribution in [0, 0.1) is 0 Å². The van der Waals surface area contributed by atoms with Crippen LogP contribution in [0.25, 0.3) is 22.1 Å². The molecule has 0 saturated carbocycles. The highest BCUT2D eigenvalue weighted by Gasteiger charge is 2.24. The second kappa shape index (κ2) is 7.57. The summed E-state index contributed by atoms with van der Waals surface area (Å²) in [6.45, 7) is 3.83. The SMILES string of the molecule is CC[C@H]1CCCCN1Cc1c(O)ccc2c(=O)c(-c3ccccc3)coc12. The molecule has 1 aromatic heterocycles. The van der Waals surface area contributed by atoms with Crippen molar-refractivity contribution in [3.8, 4) is 16.9 Å². The van der Waals surface area contributed by atoms with E-state index in [4.69, 9.17) is 4.42 Å². The Morgan fingerprint density at radius 3 is 2.74 bits per heavy atom. The number of likely N-dealkylation sites (tertiary alicyclic amines) is 1. The molecule has 4 heteroatoms. The number of nitrogens with zero attached hydrogens (tertiary/aromatic N) is 1. The van der Waals surface area contributed by atoms with Crippen molar-refractivity contribution in [1.82, 2.24) is 4.90 Å². The summed E-state index contributed by atoms with van der Waals surface area (Å²) in [5, 5.41) is 11.0. The summed E-state index contributed by atoms with van der Waals surface area (Å²) in [7, 11) is 0. The lowest BCUT2D eigenvalue weighted by molar-refractivity contribution is 0.135. The smallest absolute Gasteiger partial charge is 0.200 e. The normalized spacial score (nSPS) is 18.0. The maximum Gasteiger partial charge on any atom is 0.200 e. The van der Waals surface area contributed by atoms with Gasteiger partial charge >= 0.3 is 0 Å². The van der Waals surface area contributed by atoms with Crippen molar-refractivity contribution in [1.29, 1.82) is 0 Å². The van der Waals surface area contributed by atoms with Crippen LogP contribution in [-0.4, -0.2) is 22.6 Å². The van der Waals surface area contributed by atoms with E-state index < -0.39 is 0 Å². The molecule has 0 aliphatic carbocycles. The number of hydrogen-bond acceptors (Lipinski definition) is 4. The molecule has 0 bridgehead atoms. The van der Waals surface area contributed by atoms with Gasteiger partial charge in [0.15, 0.2) is 0 Å². The van der Waals surface area contributed by atoms with Crippen LogP contribution in [0.2, 0.25) is 0 Å². The quantitative estimate of drug-likeness (QED) is 0.714. The van der Waals surface area contributed by atoms with Crippen LogP contribution >= 0.6 is 0 Å². The van der Waals surface area contributed by atoms with Crippen molar-refractivity contribution >= 4 is 11.0 Å². The molecule has 4 rings (SSSR count). The zero-order chi connectivity index (χ0) is 18.8. The number of piperidine rings is 1. The molecular formula is C23H25NO3. The minimum atomic E-state index is -0.0608. The number of rotatable bonds is 4. The predicted octanol–water partition coefficient (Wildman–Crippen LogP) is 4.93. The van der Waals surface area contributed by atoms with E-state index in [0.29, 0.717) is 34.7 Å². The third-order valence-electron chi connectivity index (χ3n) is 5.69. The standard InChI is InChI=1S/C23H25NO3/c1-2-17-10-6-7-13-24(17)14-19-21(25)12-11-18-22(26)20(15-27-23(18)19)16-8-4-3-5-9-16/h3-5,8-9,11-12,15,17,25H,2,6-7,10,13-14H2,1H3/t17-/m0/s1. The molecule has 0 spiro atoms. The van der Waals surface area contributed by atoms with E-state index in [1.807, 2.05) is 30.3 Å². The summed E-state index contributed by atoms with van der Waals surface area (Å²) in [4.78, 5) is 15.5. The van der Waals surface area contributed by atoms with Gasteiger partial charge in [-0.25, -0.2) is 0 Å². The average molecular weight is 363 g/mol. The first-order chi connectivity index (χ1) is 13.2. The van der Waals surface area contributed by atoms with Gasteiger partial charge in [0, 0.05) is 12.6 Å². The van der Waals surface area contributed by atoms with Crippen LogP contribution in [0.1, 0.15) is 38.2 Å². The van der Waals surface area contributed by atoms with Gasteiger partial charge in [-0.15, -0.1) is 0 Å². The first-order valence-corrected chi connectivity index (χ1v) is 9.75. The molecule has 1 N–H and O–H groups in total. The van der Waals surface area contributed by atoms with Gasteiger partial charge in [-0.05, 0) is 43.5 Å². The Balaban J connectivity index is 1.78. The van der Waals surface area contributed by atoms with Gasteiger partial charge in [0.1, 0.15) is 17.6 Å². The molecule has 1 saturated heterocycles. The van der Waals surface area contributed by atoms with E-state index in [0.717, 1.165) is 18.5 Å². The van der Waals surface area contributed by atoms with Crippen molar-refractivity contribution in [2.75, 3.05) is 6.54 Å². The largest absolute Gasteiger partial charge is 0.507 e. The predicted molar refractivity (Wildman–Crippen MR) is 108 cm³/mol. The Labute approximate surface area is 159 Å². The van der Waals surface area contributed by atoms with Crippen LogP contribution < -0.4 is 5.43 Å². The summed E-state index contributed by atoms with van der Waals surface area (Å²) < 4.78 is 5.91. The molecule has 27 heavy (non-hydrogen) atoms. The van der Waals surface area contributed by atoms with Gasteiger partial charge in [-0.2, -0.15) is 0 Å². The minimum Gasteiger partial charge on any atom is -0.507 e. The summed E-state index contributed by atoms with van der Waals surface area (Å²) in [6.07, 6.45) is 6.23. The molecule has 0 unspecified atom stereocenters. The van der Waals surface area contributed by atoms with Gasteiger partial charge in [0.25, 0.3) is 0 Å². The molecule has 4 nitrogen and oxygen atoms in total. The Kier molecular flexibility index (Phi) is 4.99. The molecule has 2 aromatic carbocycles. The Hall–Kier alpha value is -2.59. The maximum atomic E-state index is 13.0. The van der Waals surface area contributed by atoms with Crippen molar-refractivity contribution in [2.45, 2.75) is 45.2 Å². The monoisotopic (exact) mass is 363 g/mol. The zero-order valence-corrected chi connectivity index (χ0v) is 15.6. The zero-order valence-electron chi connectivity index (χ0n) is 15.6. The fourth-order valence-corrected chi connectivity index (χ4v) is 4.15. The van der Waals surface area contributed by atoms with Crippen LogP contribution in [0.5, 0.6) is 5.75 Å². The molecule has 1 fully saturated rings. The minimum absolute atomic E-state index is 0.0608. The second-order valence-corrected chi connectivity index (χ2v) is 7.31. The number of fused-ring (bicyclic) bond motifs is 1. The van der Waals surface area contributed by atoms with E-state index in [-0.39, 0.29) is 11.2 Å². The molecule has 0 amide bonds. The first kappa shape index (κ1) is 17.8. The number of hydrogen-bond donors (Lipinski definition) is 1. The molecule has 2 heterocycles. The van der Waals surface area contributed by atoms with E-state index >= 15 is 0 Å². The molecule has 1 aliphatic rings. The molecule has 0 radical (unpaired) electrons. The van der Waals surface area contributed by atoms with Crippen LogP contribution in [0.3, 0.4) is 0 Å². The Bertz CT molecular complexity index is 994. The number of phenols is 1. The van der Waals surface area contributed by atoms with E-state index in [2.05, 4.69) is 11.8 Å². The molecule has 1 aliphatic heterocycles. The maximum absolute atomic E-state index is 13.0.